The number of nitrogens with zero attached hydrogens (tertiary/aromatic N) is 1. The van der Waals surface area contributed by atoms with Crippen molar-refractivity contribution in [1.82, 2.24) is 10.3 Å². The highest BCUT2D eigenvalue weighted by atomic mass is 35.5. The zero-order valence-electron chi connectivity index (χ0n) is 10.3. The van der Waals surface area contributed by atoms with Crippen molar-refractivity contribution >= 4 is 34.8 Å². The van der Waals surface area contributed by atoms with Crippen LogP contribution >= 0.6 is 23.7 Å². The van der Waals surface area contributed by atoms with Crippen molar-refractivity contribution in [3.05, 3.63) is 11.1 Å². The Morgan fingerprint density at radius 3 is 3.11 bits per heavy atom. The summed E-state index contributed by atoms with van der Waals surface area (Å²) in [5, 5.41) is 8.42. The summed E-state index contributed by atoms with van der Waals surface area (Å²) in [5.74, 6) is -0.0580. The van der Waals surface area contributed by atoms with Gasteiger partial charge in [0.05, 0.1) is 18.3 Å². The molecule has 18 heavy (non-hydrogen) atoms. The van der Waals surface area contributed by atoms with Crippen molar-refractivity contribution in [3.63, 3.8) is 0 Å². The molecule has 1 aromatic rings. The molecule has 1 aromatic heterocycles. The molecule has 0 aliphatic carbocycles. The van der Waals surface area contributed by atoms with Gasteiger partial charge in [0.2, 0.25) is 5.91 Å². The largest absolute Gasteiger partial charge is 0.377 e. The molecule has 1 aliphatic rings. The molecule has 0 spiro atoms. The van der Waals surface area contributed by atoms with E-state index in [9.17, 15) is 4.79 Å². The summed E-state index contributed by atoms with van der Waals surface area (Å²) >= 11 is 1.44. The van der Waals surface area contributed by atoms with Crippen LogP contribution in [-0.4, -0.2) is 36.7 Å². The van der Waals surface area contributed by atoms with Crippen LogP contribution in [0.15, 0.2) is 5.38 Å². The molecule has 2 N–H and O–H groups in total. The number of rotatable bonds is 5. The highest BCUT2D eigenvalue weighted by Gasteiger charge is 2.15. The van der Waals surface area contributed by atoms with Gasteiger partial charge in [-0.3, -0.25) is 4.79 Å². The molecule has 0 saturated carbocycles. The third kappa shape index (κ3) is 4.89. The van der Waals surface area contributed by atoms with Gasteiger partial charge in [-0.15, -0.1) is 23.7 Å². The van der Waals surface area contributed by atoms with Gasteiger partial charge in [-0.2, -0.15) is 0 Å². The summed E-state index contributed by atoms with van der Waals surface area (Å²) in [6.45, 7) is 3.79. The van der Waals surface area contributed by atoms with E-state index in [2.05, 4.69) is 15.6 Å². The predicted octanol–water partition coefficient (Wildman–Crippen LogP) is 1.58. The number of nitrogens with one attached hydrogen (secondary N) is 2. The van der Waals surface area contributed by atoms with E-state index in [1.807, 2.05) is 12.3 Å². The molecule has 2 rings (SSSR count). The number of halogens is 1. The number of hydrogen-bond donors (Lipinski definition) is 2. The number of amides is 1. The van der Waals surface area contributed by atoms with Crippen LogP contribution in [0, 0.1) is 6.92 Å². The van der Waals surface area contributed by atoms with E-state index in [4.69, 9.17) is 4.74 Å². The van der Waals surface area contributed by atoms with Gasteiger partial charge in [0, 0.05) is 18.5 Å². The predicted molar refractivity (Wildman–Crippen MR) is 74.6 cm³/mol. The van der Waals surface area contributed by atoms with Crippen LogP contribution < -0.4 is 10.6 Å². The van der Waals surface area contributed by atoms with E-state index >= 15 is 0 Å². The van der Waals surface area contributed by atoms with Gasteiger partial charge >= 0.3 is 0 Å². The smallest absolute Gasteiger partial charge is 0.240 e. The summed E-state index contributed by atoms with van der Waals surface area (Å²) in [4.78, 5) is 15.7. The summed E-state index contributed by atoms with van der Waals surface area (Å²) in [6.07, 6.45) is 2.47. The molecule has 1 fully saturated rings. The maximum atomic E-state index is 11.5. The minimum atomic E-state index is -0.0580. The third-order valence-corrected chi connectivity index (χ3v) is 3.42. The maximum Gasteiger partial charge on any atom is 0.240 e. The van der Waals surface area contributed by atoms with E-state index in [-0.39, 0.29) is 24.4 Å². The Bertz CT molecular complexity index is 380. The summed E-state index contributed by atoms with van der Waals surface area (Å²) in [7, 11) is 0. The fourth-order valence-corrected chi connectivity index (χ4v) is 2.43. The highest BCUT2D eigenvalue weighted by molar-refractivity contribution is 7.13. The fourth-order valence-electron chi connectivity index (χ4n) is 1.73. The molecule has 0 aromatic carbocycles. The lowest BCUT2D eigenvalue weighted by Gasteiger charge is -2.09. The lowest BCUT2D eigenvalue weighted by atomic mass is 10.2. The van der Waals surface area contributed by atoms with Gasteiger partial charge in [0.1, 0.15) is 0 Å². The maximum absolute atomic E-state index is 11.5. The number of carbonyl (C=O) groups excluding carboxylic acids is 1. The molecule has 5 nitrogen and oxygen atoms in total. The molecule has 0 bridgehead atoms. The molecule has 0 radical (unpaired) electrons. The third-order valence-electron chi connectivity index (χ3n) is 2.55. The molecule has 7 heteroatoms. The summed E-state index contributed by atoms with van der Waals surface area (Å²) < 4.78 is 5.45. The zero-order chi connectivity index (χ0) is 12.1. The Morgan fingerprint density at radius 2 is 2.50 bits per heavy atom. The average Bonchev–Trinajstić information content (AvgIpc) is 2.90. The summed E-state index contributed by atoms with van der Waals surface area (Å²) in [5.41, 5.74) is 0.928. The first kappa shape index (κ1) is 15.4. The number of hydrogen-bond acceptors (Lipinski definition) is 5. The van der Waals surface area contributed by atoms with Crippen molar-refractivity contribution in [3.8, 4) is 0 Å². The van der Waals surface area contributed by atoms with Crippen LogP contribution in [0.4, 0.5) is 5.13 Å². The van der Waals surface area contributed by atoms with Gasteiger partial charge in [-0.1, -0.05) is 0 Å². The van der Waals surface area contributed by atoms with E-state index in [1.165, 1.54) is 11.3 Å². The van der Waals surface area contributed by atoms with Gasteiger partial charge in [0.25, 0.3) is 0 Å². The number of aromatic nitrogens is 1. The Morgan fingerprint density at radius 1 is 1.67 bits per heavy atom. The minimum Gasteiger partial charge on any atom is -0.377 e. The number of aryl methyl sites for hydroxylation is 1. The molecule has 1 aliphatic heterocycles. The van der Waals surface area contributed by atoms with Crippen LogP contribution in [-0.2, 0) is 9.53 Å². The molecule has 1 unspecified atom stereocenters. The first-order valence-electron chi connectivity index (χ1n) is 5.78. The summed E-state index contributed by atoms with van der Waals surface area (Å²) in [6, 6.07) is 0. The topological polar surface area (TPSA) is 63.2 Å². The first-order chi connectivity index (χ1) is 8.24. The lowest BCUT2D eigenvalue weighted by Crippen LogP contribution is -2.33. The molecule has 1 amide bonds. The van der Waals surface area contributed by atoms with E-state index in [1.54, 1.807) is 0 Å². The molecule has 102 valence electrons. The normalized spacial score (nSPS) is 18.4. The second-order valence-electron chi connectivity index (χ2n) is 4.11. The average molecular weight is 292 g/mol. The number of anilines is 1. The van der Waals surface area contributed by atoms with Gasteiger partial charge in [0.15, 0.2) is 5.13 Å². The van der Waals surface area contributed by atoms with Crippen molar-refractivity contribution in [2.45, 2.75) is 25.9 Å². The van der Waals surface area contributed by atoms with E-state index < -0.39 is 0 Å². The van der Waals surface area contributed by atoms with E-state index in [0.29, 0.717) is 11.7 Å². The second-order valence-corrected chi connectivity index (χ2v) is 4.97. The highest BCUT2D eigenvalue weighted by Crippen LogP contribution is 2.14. The van der Waals surface area contributed by atoms with Crippen molar-refractivity contribution < 1.29 is 9.53 Å². The van der Waals surface area contributed by atoms with Crippen LogP contribution in [0.1, 0.15) is 18.5 Å². The van der Waals surface area contributed by atoms with Crippen LogP contribution in [0.2, 0.25) is 0 Å². The van der Waals surface area contributed by atoms with Crippen molar-refractivity contribution in [2.24, 2.45) is 0 Å². The van der Waals surface area contributed by atoms with Crippen LogP contribution in [0.25, 0.3) is 0 Å². The van der Waals surface area contributed by atoms with Gasteiger partial charge in [-0.25, -0.2) is 4.98 Å². The Balaban J connectivity index is 0.00000162. The first-order valence-corrected chi connectivity index (χ1v) is 6.66. The van der Waals surface area contributed by atoms with Gasteiger partial charge in [-0.05, 0) is 19.8 Å². The Labute approximate surface area is 117 Å². The molecular weight excluding hydrogens is 274 g/mol. The standard InChI is InChI=1S/C11H17N3O2S.ClH/c1-8-7-17-11(13-8)14-10(15)6-12-5-9-3-2-4-16-9;/h7,9,12H,2-6H2,1H3,(H,13,14,15);1H. The van der Waals surface area contributed by atoms with E-state index in [0.717, 1.165) is 31.7 Å². The quantitative estimate of drug-likeness (QED) is 0.865. The molecule has 1 atom stereocenters. The zero-order valence-corrected chi connectivity index (χ0v) is 11.9. The monoisotopic (exact) mass is 291 g/mol. The molecule has 1 saturated heterocycles. The van der Waals surface area contributed by atoms with Crippen molar-refractivity contribution in [2.75, 3.05) is 25.0 Å². The number of carbonyl (C=O) groups is 1. The lowest BCUT2D eigenvalue weighted by molar-refractivity contribution is -0.115. The van der Waals surface area contributed by atoms with Gasteiger partial charge < -0.3 is 15.4 Å². The molecule has 2 heterocycles. The fraction of sp³-hybridized carbons (Fsp3) is 0.636. The Kier molecular flexibility index (Phi) is 6.56. The Hall–Kier alpha value is -0.690. The second kappa shape index (κ2) is 7.68. The van der Waals surface area contributed by atoms with Crippen molar-refractivity contribution in [1.29, 1.82) is 0 Å². The van der Waals surface area contributed by atoms with Crippen LogP contribution in [0.3, 0.4) is 0 Å². The SMILES string of the molecule is Cc1csc(NC(=O)CNCC2CCCO2)n1.Cl. The minimum absolute atomic E-state index is 0. The van der Waals surface area contributed by atoms with Crippen LogP contribution in [0.5, 0.6) is 0 Å². The number of ether oxygens (including phenoxy) is 1. The number of thiazole rings is 1. The molecular formula is C11H18ClN3O2S.